The molecule has 0 spiro atoms. The van der Waals surface area contributed by atoms with Crippen molar-refractivity contribution in [3.05, 3.63) is 11.8 Å². The number of hydrogen-bond donors (Lipinski definition) is 2. The zero-order chi connectivity index (χ0) is 14.1. The summed E-state index contributed by atoms with van der Waals surface area (Å²) in [6, 6.07) is 2.08. The molecular weight excluding hydrogens is 256 g/mol. The molecule has 2 fully saturated rings. The van der Waals surface area contributed by atoms with Gasteiger partial charge in [-0.1, -0.05) is 5.16 Å². The summed E-state index contributed by atoms with van der Waals surface area (Å²) in [5.74, 6) is 2.55. The Morgan fingerprint density at radius 3 is 3.10 bits per heavy atom. The third kappa shape index (κ3) is 2.86. The topological polar surface area (TPSA) is 84.4 Å². The predicted octanol–water partition coefficient (Wildman–Crippen LogP) is 0.981. The number of likely N-dealkylation sites (tertiary alicyclic amines) is 1. The van der Waals surface area contributed by atoms with E-state index in [2.05, 4.69) is 15.4 Å². The lowest BCUT2D eigenvalue weighted by Gasteiger charge is -2.17. The minimum Gasteiger partial charge on any atom is -0.360 e. The lowest BCUT2D eigenvalue weighted by Crippen LogP contribution is -2.31. The maximum atomic E-state index is 11.8. The molecule has 20 heavy (non-hydrogen) atoms. The molecule has 0 bridgehead atoms. The number of rotatable bonds is 4. The Kier molecular flexibility index (Phi) is 3.76. The van der Waals surface area contributed by atoms with Gasteiger partial charge in [-0.2, -0.15) is 0 Å². The highest BCUT2D eigenvalue weighted by molar-refractivity contribution is 5.89. The first kappa shape index (κ1) is 13.6. The Morgan fingerprint density at radius 2 is 2.40 bits per heavy atom. The van der Waals surface area contributed by atoms with Gasteiger partial charge in [0, 0.05) is 38.2 Å². The highest BCUT2D eigenvalue weighted by Gasteiger charge is 2.40. The van der Waals surface area contributed by atoms with Gasteiger partial charge in [-0.15, -0.1) is 0 Å². The Bertz CT molecular complexity index is 487. The van der Waals surface area contributed by atoms with Crippen LogP contribution in [0.2, 0.25) is 0 Å². The molecule has 2 aliphatic rings. The van der Waals surface area contributed by atoms with E-state index in [4.69, 9.17) is 10.3 Å². The lowest BCUT2D eigenvalue weighted by atomic mass is 9.98. The van der Waals surface area contributed by atoms with E-state index >= 15 is 0 Å². The van der Waals surface area contributed by atoms with Crippen molar-refractivity contribution in [1.29, 1.82) is 0 Å². The van der Waals surface area contributed by atoms with Crippen molar-refractivity contribution in [1.82, 2.24) is 10.1 Å². The first-order chi connectivity index (χ1) is 9.61. The van der Waals surface area contributed by atoms with E-state index in [-0.39, 0.29) is 5.91 Å². The molecule has 6 heteroatoms. The number of carbonyl (C=O) groups excluding carboxylic acids is 1. The third-order valence-corrected chi connectivity index (χ3v) is 4.54. The van der Waals surface area contributed by atoms with Crippen molar-refractivity contribution in [3.8, 4) is 0 Å². The number of nitrogens with zero attached hydrogens (tertiary/aromatic N) is 2. The maximum Gasteiger partial charge on any atom is 0.226 e. The number of amides is 1. The molecule has 2 heterocycles. The van der Waals surface area contributed by atoms with E-state index in [9.17, 15) is 4.79 Å². The molecule has 0 radical (unpaired) electrons. The number of nitrogens with one attached hydrogen (secondary N) is 1. The quantitative estimate of drug-likeness (QED) is 0.857. The Hall–Kier alpha value is -1.40. The van der Waals surface area contributed by atoms with E-state index in [0.717, 1.165) is 32.0 Å². The molecule has 1 aliphatic heterocycles. The monoisotopic (exact) mass is 278 g/mol. The van der Waals surface area contributed by atoms with E-state index in [1.165, 1.54) is 6.42 Å². The van der Waals surface area contributed by atoms with Gasteiger partial charge in [0.2, 0.25) is 5.91 Å². The van der Waals surface area contributed by atoms with Crippen LogP contribution in [0.5, 0.6) is 0 Å². The molecule has 3 atom stereocenters. The molecule has 1 aliphatic carbocycles. The van der Waals surface area contributed by atoms with E-state index < -0.39 is 0 Å². The second-order valence-corrected chi connectivity index (χ2v) is 6.05. The fraction of sp³-hybridized carbons (Fsp3) is 0.714. The fourth-order valence-corrected chi connectivity index (χ4v) is 3.47. The van der Waals surface area contributed by atoms with Crippen molar-refractivity contribution in [2.45, 2.75) is 32.2 Å². The molecule has 1 saturated heterocycles. The fourth-order valence-electron chi connectivity index (χ4n) is 3.47. The molecule has 3 unspecified atom stereocenters. The summed E-state index contributed by atoms with van der Waals surface area (Å²) in [5, 5.41) is 6.51. The highest BCUT2D eigenvalue weighted by Crippen LogP contribution is 2.36. The van der Waals surface area contributed by atoms with Crippen LogP contribution in [-0.2, 0) is 4.79 Å². The van der Waals surface area contributed by atoms with Crippen molar-refractivity contribution in [2.24, 2.45) is 17.6 Å². The van der Waals surface area contributed by atoms with Crippen LogP contribution in [0.1, 0.15) is 25.0 Å². The number of hydrogen-bond acceptors (Lipinski definition) is 5. The SMILES string of the molecule is Cc1cc(NC(=O)CCN2CC3CCC(N)C3C2)no1. The number of aryl methyl sites for hydroxylation is 1. The summed E-state index contributed by atoms with van der Waals surface area (Å²) < 4.78 is 4.92. The highest BCUT2D eigenvalue weighted by atomic mass is 16.5. The van der Waals surface area contributed by atoms with Gasteiger partial charge in [0.1, 0.15) is 5.76 Å². The van der Waals surface area contributed by atoms with Crippen LogP contribution in [0.15, 0.2) is 10.6 Å². The number of carbonyl (C=O) groups is 1. The third-order valence-electron chi connectivity index (χ3n) is 4.54. The van der Waals surface area contributed by atoms with Gasteiger partial charge >= 0.3 is 0 Å². The average Bonchev–Trinajstić information content (AvgIpc) is 3.07. The lowest BCUT2D eigenvalue weighted by molar-refractivity contribution is -0.116. The van der Waals surface area contributed by atoms with Crippen LogP contribution in [0.25, 0.3) is 0 Å². The Labute approximate surface area is 118 Å². The van der Waals surface area contributed by atoms with E-state index in [1.54, 1.807) is 13.0 Å². The largest absolute Gasteiger partial charge is 0.360 e. The minimum absolute atomic E-state index is 0.0142. The van der Waals surface area contributed by atoms with Crippen LogP contribution in [0.3, 0.4) is 0 Å². The zero-order valence-corrected chi connectivity index (χ0v) is 11.8. The standard InChI is InChI=1S/C14H22N4O2/c1-9-6-13(17-20-9)16-14(19)4-5-18-7-10-2-3-12(15)11(10)8-18/h6,10-12H,2-5,7-8,15H2,1H3,(H,16,17,19). The smallest absolute Gasteiger partial charge is 0.226 e. The van der Waals surface area contributed by atoms with E-state index in [0.29, 0.717) is 30.0 Å². The van der Waals surface area contributed by atoms with Crippen molar-refractivity contribution in [3.63, 3.8) is 0 Å². The Morgan fingerprint density at radius 1 is 1.55 bits per heavy atom. The molecule has 6 nitrogen and oxygen atoms in total. The van der Waals surface area contributed by atoms with Crippen molar-refractivity contribution >= 4 is 11.7 Å². The molecular formula is C14H22N4O2. The molecule has 3 N–H and O–H groups in total. The summed E-state index contributed by atoms with van der Waals surface area (Å²) in [6.07, 6.45) is 2.89. The van der Waals surface area contributed by atoms with Gasteiger partial charge < -0.3 is 20.5 Å². The molecule has 110 valence electrons. The summed E-state index contributed by atoms with van der Waals surface area (Å²) in [4.78, 5) is 14.2. The molecule has 1 amide bonds. The summed E-state index contributed by atoms with van der Waals surface area (Å²) in [7, 11) is 0. The van der Waals surface area contributed by atoms with Gasteiger partial charge in [-0.3, -0.25) is 4.79 Å². The van der Waals surface area contributed by atoms with E-state index in [1.807, 2.05) is 0 Å². The number of fused-ring (bicyclic) bond motifs is 1. The van der Waals surface area contributed by atoms with Gasteiger partial charge in [0.05, 0.1) is 0 Å². The molecule has 1 aromatic heterocycles. The first-order valence-corrected chi connectivity index (χ1v) is 7.33. The van der Waals surface area contributed by atoms with Gasteiger partial charge in [-0.05, 0) is 31.6 Å². The second-order valence-electron chi connectivity index (χ2n) is 6.05. The summed E-state index contributed by atoms with van der Waals surface area (Å²) in [6.45, 7) is 4.73. The van der Waals surface area contributed by atoms with Crippen LogP contribution < -0.4 is 11.1 Å². The van der Waals surface area contributed by atoms with Crippen LogP contribution in [0.4, 0.5) is 5.82 Å². The molecule has 1 aromatic rings. The number of anilines is 1. The first-order valence-electron chi connectivity index (χ1n) is 7.33. The van der Waals surface area contributed by atoms with Crippen LogP contribution in [-0.4, -0.2) is 41.6 Å². The maximum absolute atomic E-state index is 11.8. The van der Waals surface area contributed by atoms with Gasteiger partial charge in [0.25, 0.3) is 0 Å². The zero-order valence-electron chi connectivity index (χ0n) is 11.8. The molecule has 1 saturated carbocycles. The van der Waals surface area contributed by atoms with Crippen molar-refractivity contribution in [2.75, 3.05) is 25.0 Å². The second kappa shape index (κ2) is 5.54. The molecule has 3 rings (SSSR count). The Balaban J connectivity index is 1.43. The number of aromatic nitrogens is 1. The average molecular weight is 278 g/mol. The predicted molar refractivity (Wildman–Crippen MR) is 75.1 cm³/mol. The summed E-state index contributed by atoms with van der Waals surface area (Å²) in [5.41, 5.74) is 6.12. The van der Waals surface area contributed by atoms with Crippen molar-refractivity contribution < 1.29 is 9.32 Å². The molecule has 0 aromatic carbocycles. The number of nitrogens with two attached hydrogens (primary N) is 1. The van der Waals surface area contributed by atoms with Crippen LogP contribution >= 0.6 is 0 Å². The van der Waals surface area contributed by atoms with Gasteiger partial charge in [0.15, 0.2) is 5.82 Å². The normalized spacial score (nSPS) is 29.6. The van der Waals surface area contributed by atoms with Crippen LogP contribution in [0, 0.1) is 18.8 Å². The van der Waals surface area contributed by atoms with Gasteiger partial charge in [-0.25, -0.2) is 0 Å². The summed E-state index contributed by atoms with van der Waals surface area (Å²) >= 11 is 0. The minimum atomic E-state index is -0.0142.